The Kier molecular flexibility index (Phi) is 9.20. The van der Waals surface area contributed by atoms with Crippen LogP contribution in [0.25, 0.3) is 93.5 Å². The van der Waals surface area contributed by atoms with Gasteiger partial charge in [-0.25, -0.2) is 0 Å². The Balaban J connectivity index is 0.908. The van der Waals surface area contributed by atoms with Crippen LogP contribution in [0.4, 0.5) is 17.1 Å². The highest BCUT2D eigenvalue weighted by molar-refractivity contribution is 6.16. The Morgan fingerprint density at radius 1 is 0.266 bits per heavy atom. The molecule has 12 rings (SSSR count). The van der Waals surface area contributed by atoms with Crippen LogP contribution >= 0.6 is 0 Å². The summed E-state index contributed by atoms with van der Waals surface area (Å²) in [6, 6.07) is 92.6. The summed E-state index contributed by atoms with van der Waals surface area (Å²) >= 11 is 0. The summed E-state index contributed by atoms with van der Waals surface area (Å²) in [6.45, 7) is 0. The van der Waals surface area contributed by atoms with Crippen molar-refractivity contribution in [3.8, 4) is 50.2 Å². The Hall–Kier alpha value is -8.46. The predicted octanol–water partition coefficient (Wildman–Crippen LogP) is 17.2. The molecule has 0 aliphatic rings. The van der Waals surface area contributed by atoms with E-state index in [0.29, 0.717) is 0 Å². The van der Waals surface area contributed by atoms with Crippen LogP contribution in [-0.2, 0) is 0 Å². The van der Waals surface area contributed by atoms with Crippen molar-refractivity contribution in [1.82, 2.24) is 4.57 Å². The molecule has 0 unspecified atom stereocenters. The number of hydrogen-bond acceptors (Lipinski definition) is 1. The van der Waals surface area contributed by atoms with Gasteiger partial charge >= 0.3 is 0 Å². The molecule has 1 aromatic heterocycles. The Bertz CT molecular complexity index is 3640. The lowest BCUT2D eigenvalue weighted by atomic mass is 9.95. The number of anilines is 3. The number of para-hydroxylation sites is 2. The van der Waals surface area contributed by atoms with Crippen molar-refractivity contribution in [3.05, 3.63) is 255 Å². The first-order chi connectivity index (χ1) is 31.7. The summed E-state index contributed by atoms with van der Waals surface area (Å²) in [5.74, 6) is 0. The largest absolute Gasteiger partial charge is 0.310 e. The molecule has 0 bridgehead atoms. The maximum absolute atomic E-state index is 2.43. The number of hydrogen-bond donors (Lipinski definition) is 0. The fourth-order valence-corrected chi connectivity index (χ4v) is 9.68. The second kappa shape index (κ2) is 15.8. The maximum Gasteiger partial charge on any atom is 0.0547 e. The highest BCUT2D eigenvalue weighted by Crippen LogP contribution is 2.42. The van der Waals surface area contributed by atoms with E-state index >= 15 is 0 Å². The van der Waals surface area contributed by atoms with Crippen LogP contribution in [0.1, 0.15) is 0 Å². The Morgan fingerprint density at radius 3 is 1.56 bits per heavy atom. The summed E-state index contributed by atoms with van der Waals surface area (Å²) in [7, 11) is 0. The van der Waals surface area contributed by atoms with E-state index in [9.17, 15) is 0 Å². The molecule has 0 N–H and O–H groups in total. The van der Waals surface area contributed by atoms with Crippen LogP contribution in [0.2, 0.25) is 0 Å². The minimum atomic E-state index is 1.10. The van der Waals surface area contributed by atoms with Gasteiger partial charge in [-0.3, -0.25) is 0 Å². The first kappa shape index (κ1) is 37.3. The third kappa shape index (κ3) is 6.61. The van der Waals surface area contributed by atoms with E-state index in [0.717, 1.165) is 28.3 Å². The van der Waals surface area contributed by atoms with Crippen LogP contribution in [-0.4, -0.2) is 4.57 Å². The van der Waals surface area contributed by atoms with Gasteiger partial charge in [0.15, 0.2) is 0 Å². The van der Waals surface area contributed by atoms with Crippen LogP contribution < -0.4 is 4.90 Å². The minimum Gasteiger partial charge on any atom is -0.310 e. The van der Waals surface area contributed by atoms with Crippen LogP contribution in [0.3, 0.4) is 0 Å². The molecule has 0 spiro atoms. The van der Waals surface area contributed by atoms with Gasteiger partial charge in [0.2, 0.25) is 0 Å². The molecule has 0 amide bonds. The van der Waals surface area contributed by atoms with Crippen molar-refractivity contribution in [2.24, 2.45) is 0 Å². The van der Waals surface area contributed by atoms with Gasteiger partial charge in [0.25, 0.3) is 0 Å². The third-order valence-electron chi connectivity index (χ3n) is 12.8. The molecule has 12 aromatic rings. The molecule has 0 atom stereocenters. The number of benzene rings is 11. The van der Waals surface area contributed by atoms with Gasteiger partial charge in [0.1, 0.15) is 0 Å². The first-order valence-electron chi connectivity index (χ1n) is 22.0. The summed E-state index contributed by atoms with van der Waals surface area (Å²) in [4.78, 5) is 2.35. The lowest BCUT2D eigenvalue weighted by Gasteiger charge is -2.26. The van der Waals surface area contributed by atoms with Gasteiger partial charge in [-0.15, -0.1) is 0 Å². The monoisotopic (exact) mass is 814 g/mol. The summed E-state index contributed by atoms with van der Waals surface area (Å²) in [5, 5.41) is 7.56. The molecule has 0 saturated heterocycles. The number of fused-ring (bicyclic) bond motifs is 6. The fourth-order valence-electron chi connectivity index (χ4n) is 9.68. The molecule has 0 fully saturated rings. The molecular weight excluding hydrogens is 773 g/mol. The van der Waals surface area contributed by atoms with E-state index < -0.39 is 0 Å². The average Bonchev–Trinajstić information content (AvgIpc) is 3.72. The Morgan fingerprint density at radius 2 is 0.781 bits per heavy atom. The van der Waals surface area contributed by atoms with Crippen LogP contribution in [0.5, 0.6) is 0 Å². The molecule has 64 heavy (non-hydrogen) atoms. The topological polar surface area (TPSA) is 8.17 Å². The molecule has 11 aromatic carbocycles. The molecule has 0 saturated carbocycles. The van der Waals surface area contributed by atoms with Crippen molar-refractivity contribution < 1.29 is 0 Å². The smallest absolute Gasteiger partial charge is 0.0547 e. The minimum absolute atomic E-state index is 1.10. The highest BCUT2D eigenvalue weighted by Gasteiger charge is 2.18. The maximum atomic E-state index is 2.43. The molecule has 2 heteroatoms. The number of nitrogens with zero attached hydrogens (tertiary/aromatic N) is 2. The third-order valence-corrected chi connectivity index (χ3v) is 12.8. The lowest BCUT2D eigenvalue weighted by molar-refractivity contribution is 1.19. The summed E-state index contributed by atoms with van der Waals surface area (Å²) in [5.41, 5.74) is 16.4. The lowest BCUT2D eigenvalue weighted by Crippen LogP contribution is -2.09. The van der Waals surface area contributed by atoms with Crippen molar-refractivity contribution >= 4 is 60.4 Å². The first-order valence-corrected chi connectivity index (χ1v) is 22.0. The van der Waals surface area contributed by atoms with Gasteiger partial charge in [-0.05, 0) is 133 Å². The van der Waals surface area contributed by atoms with Gasteiger partial charge in [-0.2, -0.15) is 0 Å². The zero-order valence-corrected chi connectivity index (χ0v) is 35.1. The molecule has 0 aliphatic carbocycles. The normalized spacial score (nSPS) is 11.4. The second-order valence-corrected chi connectivity index (χ2v) is 16.5. The van der Waals surface area contributed by atoms with E-state index in [1.807, 2.05) is 0 Å². The molecule has 1 heterocycles. The molecular formula is C62H42N2. The van der Waals surface area contributed by atoms with Gasteiger partial charge in [-0.1, -0.05) is 188 Å². The van der Waals surface area contributed by atoms with Gasteiger partial charge in [0.05, 0.1) is 11.0 Å². The zero-order chi connectivity index (χ0) is 42.4. The van der Waals surface area contributed by atoms with E-state index in [1.54, 1.807) is 0 Å². The number of rotatable bonds is 8. The van der Waals surface area contributed by atoms with Crippen molar-refractivity contribution in [2.75, 3.05) is 4.90 Å². The van der Waals surface area contributed by atoms with Crippen molar-refractivity contribution in [2.45, 2.75) is 0 Å². The van der Waals surface area contributed by atoms with Crippen molar-refractivity contribution in [1.29, 1.82) is 0 Å². The standard InChI is InChI=1S/C62H42N2/c1-3-14-43(15-4-1)44-28-30-45(31-29-44)46-34-36-53(37-35-46)63(52-20-5-2-6-21-52)54-22-12-18-49(41-54)48-17-11-19-50(40-48)58-25-13-27-61-62(58)59-24-9-10-26-60(59)64(61)55-38-39-57-51(42-55)33-32-47-16-7-8-23-56(47)57/h1-42H. The fraction of sp³-hybridized carbons (Fsp3) is 0. The van der Waals surface area contributed by atoms with E-state index in [-0.39, 0.29) is 0 Å². The van der Waals surface area contributed by atoms with Gasteiger partial charge < -0.3 is 9.47 Å². The zero-order valence-electron chi connectivity index (χ0n) is 35.1. The Labute approximate surface area is 373 Å². The highest BCUT2D eigenvalue weighted by atomic mass is 15.1. The molecule has 0 aliphatic heterocycles. The molecule has 2 nitrogen and oxygen atoms in total. The van der Waals surface area contributed by atoms with E-state index in [2.05, 4.69) is 264 Å². The van der Waals surface area contributed by atoms with E-state index in [4.69, 9.17) is 0 Å². The predicted molar refractivity (Wildman–Crippen MR) is 272 cm³/mol. The average molecular weight is 815 g/mol. The summed E-state index contributed by atoms with van der Waals surface area (Å²) < 4.78 is 2.43. The van der Waals surface area contributed by atoms with Crippen LogP contribution in [0, 0.1) is 0 Å². The molecule has 300 valence electrons. The van der Waals surface area contributed by atoms with Crippen molar-refractivity contribution in [3.63, 3.8) is 0 Å². The van der Waals surface area contributed by atoms with E-state index in [1.165, 1.54) is 82.3 Å². The van der Waals surface area contributed by atoms with Gasteiger partial charge in [0, 0.05) is 33.5 Å². The van der Waals surface area contributed by atoms with Crippen LogP contribution in [0.15, 0.2) is 255 Å². The number of aromatic nitrogens is 1. The SMILES string of the molecule is c1ccc(-c2ccc(-c3ccc(N(c4ccccc4)c4cccc(-c5cccc(-c6cccc7c6c6ccccc6n7-c6ccc7c(ccc8ccccc87)c6)c5)c4)cc3)cc2)cc1. The molecule has 0 radical (unpaired) electrons. The summed E-state index contributed by atoms with van der Waals surface area (Å²) in [6.07, 6.45) is 0. The second-order valence-electron chi connectivity index (χ2n) is 16.5. The quantitative estimate of drug-likeness (QED) is 0.139.